The van der Waals surface area contributed by atoms with Crippen LogP contribution in [0.3, 0.4) is 0 Å². The molecule has 0 radical (unpaired) electrons. The van der Waals surface area contributed by atoms with Crippen LogP contribution >= 0.6 is 11.3 Å². The van der Waals surface area contributed by atoms with Crippen molar-refractivity contribution in [1.29, 1.82) is 0 Å². The smallest absolute Gasteiger partial charge is 0.256 e. The van der Waals surface area contributed by atoms with Gasteiger partial charge in [-0.05, 0) is 61.1 Å². The zero-order chi connectivity index (χ0) is 30.4. The van der Waals surface area contributed by atoms with Crippen molar-refractivity contribution >= 4 is 49.1 Å². The van der Waals surface area contributed by atoms with Gasteiger partial charge in [-0.15, -0.1) is 11.3 Å². The number of halogens is 1. The molecule has 1 atom stereocenters. The van der Waals surface area contributed by atoms with Gasteiger partial charge in [-0.25, -0.2) is 17.8 Å². The minimum Gasteiger partial charge on any atom is -0.396 e. The number of hydrogen-bond donors (Lipinski definition) is 4. The first-order valence-electron chi connectivity index (χ1n) is 13.5. The van der Waals surface area contributed by atoms with Crippen molar-refractivity contribution < 1.29 is 37.4 Å². The Balaban J connectivity index is 1.59. The summed E-state index contributed by atoms with van der Waals surface area (Å²) in [6.45, 7) is -0.556. The number of nitrogens with zero attached hydrogens (tertiary/aromatic N) is 2. The molecule has 0 saturated heterocycles. The summed E-state index contributed by atoms with van der Waals surface area (Å²) in [7, 11) is -2.56. The maximum atomic E-state index is 15.0. The predicted octanol–water partition coefficient (Wildman–Crippen LogP) is 1.79. The molecule has 14 heteroatoms. The molecule has 4 N–H and O–H groups in total. The highest BCUT2D eigenvalue weighted by Crippen LogP contribution is 2.34. The SMILES string of the molecule is CN(CCCO)C(=O)c1ccc(-c2ccc3nc(C(C(=O)NCC(=O)NC4CC4)S(=O)(=O)CCCO)sc3c2)cc1F. The van der Waals surface area contributed by atoms with Crippen LogP contribution < -0.4 is 10.6 Å². The van der Waals surface area contributed by atoms with Gasteiger partial charge in [-0.2, -0.15) is 0 Å². The van der Waals surface area contributed by atoms with Gasteiger partial charge >= 0.3 is 0 Å². The zero-order valence-electron chi connectivity index (χ0n) is 23.0. The zero-order valence-corrected chi connectivity index (χ0v) is 24.6. The lowest BCUT2D eigenvalue weighted by Crippen LogP contribution is -2.41. The summed E-state index contributed by atoms with van der Waals surface area (Å²) in [5.41, 5.74) is 1.39. The second-order valence-corrected chi connectivity index (χ2v) is 13.4. The van der Waals surface area contributed by atoms with Gasteiger partial charge in [0.25, 0.3) is 5.91 Å². The predicted molar refractivity (Wildman–Crippen MR) is 156 cm³/mol. The van der Waals surface area contributed by atoms with Crippen molar-refractivity contribution in [3.63, 3.8) is 0 Å². The summed E-state index contributed by atoms with van der Waals surface area (Å²) in [5.74, 6) is -2.97. The Morgan fingerprint density at radius 1 is 1.10 bits per heavy atom. The van der Waals surface area contributed by atoms with E-state index in [1.165, 1.54) is 24.1 Å². The number of rotatable bonds is 14. The first-order valence-corrected chi connectivity index (χ1v) is 16.0. The molecule has 226 valence electrons. The van der Waals surface area contributed by atoms with Crippen LogP contribution in [-0.4, -0.2) is 91.4 Å². The lowest BCUT2D eigenvalue weighted by Gasteiger charge is -2.17. The third-order valence-corrected chi connectivity index (χ3v) is 9.96. The lowest BCUT2D eigenvalue weighted by atomic mass is 10.0. The summed E-state index contributed by atoms with van der Waals surface area (Å²) in [6, 6.07) is 9.30. The molecular formula is C28H33FN4O7S2. The van der Waals surface area contributed by atoms with Gasteiger partial charge in [0.15, 0.2) is 15.1 Å². The molecule has 0 bridgehead atoms. The monoisotopic (exact) mass is 620 g/mol. The van der Waals surface area contributed by atoms with E-state index in [0.29, 0.717) is 27.8 Å². The average molecular weight is 621 g/mol. The second-order valence-electron chi connectivity index (χ2n) is 10.1. The van der Waals surface area contributed by atoms with Gasteiger partial charge in [0.05, 0.1) is 28.1 Å². The molecule has 3 amide bonds. The Morgan fingerprint density at radius 3 is 2.45 bits per heavy atom. The number of carbonyl (C=O) groups excluding carboxylic acids is 3. The van der Waals surface area contributed by atoms with E-state index in [0.717, 1.165) is 24.2 Å². The first kappa shape index (κ1) is 31.5. The summed E-state index contributed by atoms with van der Waals surface area (Å²) < 4.78 is 41.8. The van der Waals surface area contributed by atoms with Gasteiger partial charge in [0.2, 0.25) is 11.8 Å². The highest BCUT2D eigenvalue weighted by atomic mass is 32.2. The third-order valence-electron chi connectivity index (χ3n) is 6.71. The molecule has 3 aromatic rings. The molecule has 11 nitrogen and oxygen atoms in total. The Morgan fingerprint density at radius 2 is 1.79 bits per heavy atom. The fraction of sp³-hybridized carbons (Fsp3) is 0.429. The van der Waals surface area contributed by atoms with Crippen LogP contribution in [0, 0.1) is 5.82 Å². The van der Waals surface area contributed by atoms with E-state index < -0.39 is 44.4 Å². The van der Waals surface area contributed by atoms with Crippen LogP contribution in [0.15, 0.2) is 36.4 Å². The van der Waals surface area contributed by atoms with E-state index in [2.05, 4.69) is 15.6 Å². The minimum atomic E-state index is -4.09. The van der Waals surface area contributed by atoms with Crippen molar-refractivity contribution in [2.45, 2.75) is 37.0 Å². The molecule has 4 rings (SSSR count). The second kappa shape index (κ2) is 13.7. The number of fused-ring (bicyclic) bond motifs is 1. The van der Waals surface area contributed by atoms with Crippen LogP contribution in [0.25, 0.3) is 21.3 Å². The van der Waals surface area contributed by atoms with E-state index in [-0.39, 0.29) is 49.3 Å². The highest BCUT2D eigenvalue weighted by molar-refractivity contribution is 7.92. The van der Waals surface area contributed by atoms with E-state index in [4.69, 9.17) is 5.11 Å². The van der Waals surface area contributed by atoms with E-state index in [1.807, 2.05) is 0 Å². The number of amides is 3. The van der Waals surface area contributed by atoms with Crippen LogP contribution in [0.1, 0.15) is 46.3 Å². The molecule has 42 heavy (non-hydrogen) atoms. The summed E-state index contributed by atoms with van der Waals surface area (Å²) in [4.78, 5) is 43.5. The number of thiazole rings is 1. The Hall–Kier alpha value is -3.46. The number of nitrogens with one attached hydrogen (secondary N) is 2. The van der Waals surface area contributed by atoms with Crippen molar-refractivity contribution in [3.05, 3.63) is 52.8 Å². The molecule has 1 aliphatic carbocycles. The highest BCUT2D eigenvalue weighted by Gasteiger charge is 2.37. The fourth-order valence-corrected chi connectivity index (χ4v) is 7.40. The molecule has 0 spiro atoms. The van der Waals surface area contributed by atoms with E-state index >= 15 is 0 Å². The largest absolute Gasteiger partial charge is 0.396 e. The molecule has 1 fully saturated rings. The fourth-order valence-electron chi connectivity index (χ4n) is 4.30. The van der Waals surface area contributed by atoms with Crippen molar-refractivity contribution in [1.82, 2.24) is 20.5 Å². The van der Waals surface area contributed by atoms with Gasteiger partial charge in [0, 0.05) is 32.8 Å². The molecule has 1 heterocycles. The number of aliphatic hydroxyl groups is 2. The molecule has 1 unspecified atom stereocenters. The maximum Gasteiger partial charge on any atom is 0.256 e. The van der Waals surface area contributed by atoms with Crippen molar-refractivity contribution in [3.8, 4) is 11.1 Å². The van der Waals surface area contributed by atoms with E-state index in [9.17, 15) is 32.3 Å². The Bertz CT molecular complexity index is 1570. The minimum absolute atomic E-state index is 0.0123. The van der Waals surface area contributed by atoms with Gasteiger partial charge in [0.1, 0.15) is 10.8 Å². The van der Waals surface area contributed by atoms with Crippen LogP contribution in [0.4, 0.5) is 4.39 Å². The number of carbonyl (C=O) groups is 3. The molecule has 0 aliphatic heterocycles. The van der Waals surface area contributed by atoms with Gasteiger partial charge < -0.3 is 25.7 Å². The number of sulfone groups is 1. The van der Waals surface area contributed by atoms with E-state index in [1.54, 1.807) is 24.3 Å². The van der Waals surface area contributed by atoms with Gasteiger partial charge in [-0.3, -0.25) is 14.4 Å². The first-order chi connectivity index (χ1) is 20.0. The number of benzene rings is 2. The number of aliphatic hydroxyl groups excluding tert-OH is 2. The maximum absolute atomic E-state index is 15.0. The summed E-state index contributed by atoms with van der Waals surface area (Å²) in [6.07, 6.45) is 2.04. The molecule has 1 aromatic heterocycles. The molecular weight excluding hydrogens is 587 g/mol. The van der Waals surface area contributed by atoms with Crippen LogP contribution in [0.5, 0.6) is 0 Å². The molecule has 2 aromatic carbocycles. The average Bonchev–Trinajstić information content (AvgIpc) is 3.68. The third kappa shape index (κ3) is 7.68. The quantitative estimate of drug-likeness (QED) is 0.212. The number of aromatic nitrogens is 1. The van der Waals surface area contributed by atoms with Crippen LogP contribution in [0.2, 0.25) is 0 Å². The topological polar surface area (TPSA) is 166 Å². The molecule has 1 aliphatic rings. The standard InChI is InChI=1S/C28H33FN4O7S2/c1-33(10-2-11-34)28(38)20-8-4-17(14-21(20)29)18-5-9-22-23(15-18)41-27(32-22)25(42(39,40)13-3-12-35)26(37)30-16-24(36)31-19-6-7-19/h4-5,8-9,14-15,19,25,34-35H,2-3,6-7,10-13,16H2,1H3,(H,30,37)(H,31,36). The van der Waals surface area contributed by atoms with Gasteiger partial charge in [-0.1, -0.05) is 12.1 Å². The van der Waals surface area contributed by atoms with Crippen molar-refractivity contribution in [2.24, 2.45) is 0 Å². The van der Waals surface area contributed by atoms with Crippen LogP contribution in [-0.2, 0) is 19.4 Å². The number of hydrogen-bond acceptors (Lipinski definition) is 9. The lowest BCUT2D eigenvalue weighted by molar-refractivity contribution is -0.126. The Labute approximate surface area is 246 Å². The molecule has 1 saturated carbocycles. The van der Waals surface area contributed by atoms with Crippen molar-refractivity contribution in [2.75, 3.05) is 39.1 Å². The normalized spacial score (nSPS) is 14.0. The Kier molecular flexibility index (Phi) is 10.2. The summed E-state index contributed by atoms with van der Waals surface area (Å²) >= 11 is 0.992. The summed E-state index contributed by atoms with van der Waals surface area (Å²) in [5, 5.41) is 21.6.